The lowest BCUT2D eigenvalue weighted by atomic mass is 9.83. The van der Waals surface area contributed by atoms with Crippen LogP contribution in [0.15, 0.2) is 12.2 Å². The fraction of sp³-hybridized carbons (Fsp3) is 0.810. The molecule has 26 heavy (non-hydrogen) atoms. The Hall–Kier alpha value is -0.943. The van der Waals surface area contributed by atoms with Gasteiger partial charge in [0.1, 0.15) is 11.9 Å². The van der Waals surface area contributed by atoms with Gasteiger partial charge in [-0.25, -0.2) is 0 Å². The maximum absolute atomic E-state index is 12.3. The molecule has 5 heteroatoms. The predicted octanol–water partition coefficient (Wildman–Crippen LogP) is 5.14. The fourth-order valence-corrected chi connectivity index (χ4v) is 4.50. The molecule has 1 aliphatic carbocycles. The third kappa shape index (κ3) is 6.34. The van der Waals surface area contributed by atoms with Crippen LogP contribution in [0.2, 0.25) is 18.1 Å². The number of hydrogen-bond donors (Lipinski definition) is 0. The van der Waals surface area contributed by atoms with Gasteiger partial charge in [0.05, 0.1) is 12.5 Å². The van der Waals surface area contributed by atoms with Crippen molar-refractivity contribution < 1.29 is 18.8 Å². The summed E-state index contributed by atoms with van der Waals surface area (Å²) in [5, 5.41) is 0.0700. The van der Waals surface area contributed by atoms with E-state index in [4.69, 9.17) is 9.16 Å². The van der Waals surface area contributed by atoms with Gasteiger partial charge in [-0.15, -0.1) is 0 Å². The van der Waals surface area contributed by atoms with Crippen molar-refractivity contribution >= 4 is 20.6 Å². The van der Waals surface area contributed by atoms with E-state index in [9.17, 15) is 9.59 Å². The second-order valence-electron chi connectivity index (χ2n) is 10.1. The summed E-state index contributed by atoms with van der Waals surface area (Å²) >= 11 is 0. The van der Waals surface area contributed by atoms with Gasteiger partial charge in [-0.05, 0) is 57.2 Å². The highest BCUT2D eigenvalue weighted by atomic mass is 28.4. The highest BCUT2D eigenvalue weighted by Crippen LogP contribution is 2.42. The van der Waals surface area contributed by atoms with Crippen LogP contribution in [-0.4, -0.2) is 32.3 Å². The third-order valence-electron chi connectivity index (χ3n) is 5.56. The lowest BCUT2D eigenvalue weighted by Crippen LogP contribution is -2.48. The number of hydrogen-bond acceptors (Lipinski definition) is 4. The zero-order chi connectivity index (χ0) is 20.3. The van der Waals surface area contributed by atoms with E-state index in [0.717, 1.165) is 12.7 Å². The Bertz CT molecular complexity index is 525. The second-order valence-corrected chi connectivity index (χ2v) is 14.9. The highest BCUT2D eigenvalue weighted by molar-refractivity contribution is 6.74. The van der Waals surface area contributed by atoms with E-state index in [1.807, 2.05) is 27.7 Å². The first-order chi connectivity index (χ1) is 11.7. The molecule has 0 aromatic heterocycles. The maximum Gasteiger partial charge on any atom is 0.306 e. The van der Waals surface area contributed by atoms with E-state index < -0.39 is 13.9 Å². The number of carbonyl (C=O) groups excluding carboxylic acids is 2. The molecular weight excluding hydrogens is 344 g/mol. The smallest absolute Gasteiger partial charge is 0.306 e. The summed E-state index contributed by atoms with van der Waals surface area (Å²) in [7, 11) is -2.03. The summed E-state index contributed by atoms with van der Waals surface area (Å²) in [6.45, 7) is 18.6. The zero-order valence-corrected chi connectivity index (χ0v) is 19.1. The Morgan fingerprint density at radius 1 is 1.23 bits per heavy atom. The van der Waals surface area contributed by atoms with Crippen LogP contribution in [0, 0.1) is 17.8 Å². The quantitative estimate of drug-likeness (QED) is 0.265. The van der Waals surface area contributed by atoms with E-state index in [0.29, 0.717) is 6.42 Å². The molecule has 4 atom stereocenters. The van der Waals surface area contributed by atoms with E-state index in [1.165, 1.54) is 0 Å². The van der Waals surface area contributed by atoms with Crippen LogP contribution < -0.4 is 0 Å². The van der Waals surface area contributed by atoms with Crippen molar-refractivity contribution in [2.24, 2.45) is 17.8 Å². The average Bonchev–Trinajstić information content (AvgIpc) is 2.88. The monoisotopic (exact) mass is 382 g/mol. The first kappa shape index (κ1) is 23.1. The number of esters is 1. The summed E-state index contributed by atoms with van der Waals surface area (Å²) in [5.41, 5.74) is -0.484. The first-order valence-corrected chi connectivity index (χ1v) is 12.6. The van der Waals surface area contributed by atoms with E-state index >= 15 is 0 Å². The summed E-state index contributed by atoms with van der Waals surface area (Å²) in [6, 6.07) is 0. The summed E-state index contributed by atoms with van der Waals surface area (Å²) in [6.07, 6.45) is 6.19. The van der Waals surface area contributed by atoms with Gasteiger partial charge in [0.15, 0.2) is 8.32 Å². The molecule has 0 heterocycles. The molecule has 0 radical (unpaired) electrons. The summed E-state index contributed by atoms with van der Waals surface area (Å²) in [5.74, 6) is -0.196. The maximum atomic E-state index is 12.3. The predicted molar refractivity (Wildman–Crippen MR) is 108 cm³/mol. The number of ether oxygens (including phenoxy) is 1. The minimum absolute atomic E-state index is 0.0574. The Labute approximate surface area is 160 Å². The lowest BCUT2D eigenvalue weighted by molar-refractivity contribution is -0.156. The molecule has 0 fully saturated rings. The van der Waals surface area contributed by atoms with Gasteiger partial charge < -0.3 is 14.0 Å². The normalized spacial score (nSPS) is 23.6. The molecule has 0 bridgehead atoms. The SMILES string of the molecule is C[C@H](C=O)[C@H](O[Si](C)(C)C(C)(C)C)[C@@H]1CC=C[C@@H]1CC(=O)OC(C)(C)C. The molecule has 150 valence electrons. The summed E-state index contributed by atoms with van der Waals surface area (Å²) in [4.78, 5) is 23.9. The zero-order valence-electron chi connectivity index (χ0n) is 18.1. The van der Waals surface area contributed by atoms with Gasteiger partial charge in [0.25, 0.3) is 0 Å². The van der Waals surface area contributed by atoms with Crippen LogP contribution >= 0.6 is 0 Å². The standard InChI is InChI=1S/C21H38O4Si/c1-15(14-22)19(25-26(8,9)21(5,6)7)17-12-10-11-16(17)13-18(23)24-20(2,3)4/h10-11,14-17,19H,12-13H2,1-9H3/t15-,16-,17-,19+/m1/s1. The molecule has 0 aromatic rings. The van der Waals surface area contributed by atoms with Crippen molar-refractivity contribution in [3.63, 3.8) is 0 Å². The van der Waals surface area contributed by atoms with Crippen LogP contribution in [0.1, 0.15) is 61.3 Å². The van der Waals surface area contributed by atoms with Crippen LogP contribution in [0.3, 0.4) is 0 Å². The Balaban J connectivity index is 2.96. The third-order valence-corrected chi connectivity index (χ3v) is 10.0. The van der Waals surface area contributed by atoms with Crippen LogP contribution in [0.25, 0.3) is 0 Å². The largest absolute Gasteiger partial charge is 0.460 e. The molecular formula is C21H38O4Si. The van der Waals surface area contributed by atoms with Gasteiger partial charge in [0.2, 0.25) is 0 Å². The molecule has 0 saturated heterocycles. The van der Waals surface area contributed by atoms with Crippen LogP contribution in [0.5, 0.6) is 0 Å². The van der Waals surface area contributed by atoms with Gasteiger partial charge in [0, 0.05) is 5.92 Å². The van der Waals surface area contributed by atoms with Gasteiger partial charge in [-0.3, -0.25) is 4.79 Å². The van der Waals surface area contributed by atoms with Crippen molar-refractivity contribution in [3.05, 3.63) is 12.2 Å². The fourth-order valence-electron chi connectivity index (χ4n) is 3.08. The molecule has 0 aliphatic heterocycles. The molecule has 0 unspecified atom stereocenters. The van der Waals surface area contributed by atoms with E-state index in [1.54, 1.807) is 0 Å². The number of aldehydes is 1. The van der Waals surface area contributed by atoms with Gasteiger partial charge >= 0.3 is 5.97 Å². The molecule has 0 saturated carbocycles. The molecule has 1 aliphatic rings. The average molecular weight is 383 g/mol. The Morgan fingerprint density at radius 2 is 1.81 bits per heavy atom. The molecule has 0 spiro atoms. The molecule has 0 amide bonds. The highest BCUT2D eigenvalue weighted by Gasteiger charge is 2.44. The Kier molecular flexibility index (Phi) is 7.45. The first-order valence-electron chi connectivity index (χ1n) is 9.69. The number of carbonyl (C=O) groups is 2. The van der Waals surface area contributed by atoms with Crippen LogP contribution in [0.4, 0.5) is 0 Å². The van der Waals surface area contributed by atoms with Crippen LogP contribution in [-0.2, 0) is 18.8 Å². The van der Waals surface area contributed by atoms with Crippen molar-refractivity contribution in [1.82, 2.24) is 0 Å². The second kappa shape index (κ2) is 8.38. The molecule has 0 N–H and O–H groups in total. The van der Waals surface area contributed by atoms with Gasteiger partial charge in [-0.2, -0.15) is 0 Å². The minimum atomic E-state index is -2.03. The van der Waals surface area contributed by atoms with Crippen molar-refractivity contribution in [2.75, 3.05) is 0 Å². The molecule has 0 aromatic carbocycles. The lowest BCUT2D eigenvalue weighted by Gasteiger charge is -2.43. The molecule has 1 rings (SSSR count). The Morgan fingerprint density at radius 3 is 2.27 bits per heavy atom. The topological polar surface area (TPSA) is 52.6 Å². The number of allylic oxidation sites excluding steroid dienone is 2. The van der Waals surface area contributed by atoms with Crippen molar-refractivity contribution in [2.45, 2.75) is 91.1 Å². The molecule has 4 nitrogen and oxygen atoms in total. The van der Waals surface area contributed by atoms with Crippen molar-refractivity contribution in [1.29, 1.82) is 0 Å². The van der Waals surface area contributed by atoms with E-state index in [-0.39, 0.29) is 34.9 Å². The van der Waals surface area contributed by atoms with Gasteiger partial charge in [-0.1, -0.05) is 39.8 Å². The van der Waals surface area contributed by atoms with Crippen molar-refractivity contribution in [3.8, 4) is 0 Å². The summed E-state index contributed by atoms with van der Waals surface area (Å²) < 4.78 is 12.2. The minimum Gasteiger partial charge on any atom is -0.460 e. The van der Waals surface area contributed by atoms with E-state index in [2.05, 4.69) is 46.0 Å². The number of rotatable bonds is 7.